The van der Waals surface area contributed by atoms with E-state index in [1.807, 2.05) is 12.1 Å². The van der Waals surface area contributed by atoms with Crippen LogP contribution in [0.25, 0.3) is 0 Å². The van der Waals surface area contributed by atoms with E-state index in [9.17, 15) is 14.7 Å². The van der Waals surface area contributed by atoms with Gasteiger partial charge in [0, 0.05) is 18.9 Å². The molecule has 3 rings (SSSR count). The van der Waals surface area contributed by atoms with E-state index in [2.05, 4.69) is 20.9 Å². The predicted octanol–water partition coefficient (Wildman–Crippen LogP) is 2.12. The van der Waals surface area contributed by atoms with Crippen molar-refractivity contribution in [1.29, 1.82) is 0 Å². The summed E-state index contributed by atoms with van der Waals surface area (Å²) in [6, 6.07) is 9.67. The summed E-state index contributed by atoms with van der Waals surface area (Å²) in [7, 11) is 0. The second-order valence-electron chi connectivity index (χ2n) is 7.37. The van der Waals surface area contributed by atoms with Gasteiger partial charge in [-0.3, -0.25) is 9.78 Å². The number of benzene rings is 1. The van der Waals surface area contributed by atoms with Crippen LogP contribution in [0.2, 0.25) is 0 Å². The van der Waals surface area contributed by atoms with Crippen LogP contribution in [0.3, 0.4) is 0 Å². The van der Waals surface area contributed by atoms with Crippen molar-refractivity contribution in [2.24, 2.45) is 5.92 Å². The Hall–Kier alpha value is -2.77. The molecule has 154 valence electrons. The number of aromatic carboxylic acids is 1. The topological polar surface area (TPSA) is 103 Å². The molecule has 1 atom stereocenters. The molecule has 29 heavy (non-hydrogen) atoms. The average molecular weight is 396 g/mol. The molecule has 0 spiro atoms. The molecule has 2 heterocycles. The molecule has 1 aliphatic rings. The van der Waals surface area contributed by atoms with Crippen molar-refractivity contribution in [3.05, 3.63) is 65.5 Å². The van der Waals surface area contributed by atoms with Gasteiger partial charge >= 0.3 is 5.97 Å². The number of amides is 1. The van der Waals surface area contributed by atoms with E-state index in [1.165, 1.54) is 6.07 Å². The molecule has 1 fully saturated rings. The molecule has 0 radical (unpaired) electrons. The summed E-state index contributed by atoms with van der Waals surface area (Å²) in [6.07, 6.45) is 6.66. The summed E-state index contributed by atoms with van der Waals surface area (Å²) >= 11 is 0. The van der Waals surface area contributed by atoms with Crippen molar-refractivity contribution in [2.75, 3.05) is 19.6 Å². The zero-order valence-corrected chi connectivity index (χ0v) is 16.4. The molecule has 2 aromatic rings. The Labute approximate surface area is 170 Å². The Morgan fingerprint density at radius 1 is 1.17 bits per heavy atom. The summed E-state index contributed by atoms with van der Waals surface area (Å²) in [6.45, 7) is 3.18. The molecule has 1 aromatic carbocycles. The first-order chi connectivity index (χ1) is 14.1. The quantitative estimate of drug-likeness (QED) is 0.518. The predicted molar refractivity (Wildman–Crippen MR) is 110 cm³/mol. The first-order valence-electron chi connectivity index (χ1n) is 10.1. The van der Waals surface area contributed by atoms with Crippen molar-refractivity contribution in [1.82, 2.24) is 20.9 Å². The number of carboxylic acid groups (broad SMARTS) is 1. The molecule has 0 aliphatic carbocycles. The molecule has 1 aliphatic heterocycles. The lowest BCUT2D eigenvalue weighted by molar-refractivity contribution is -0.123. The standard InChI is InChI=1S/C22H28N4O3/c27-21(26-15-17-6-11-24-12-7-17)20(18-2-1-3-19(14-18)22(28)29)25-13-8-16-4-9-23-10-5-16/h1-3,6-7,11-12,14,16,20,23,25H,4-5,8-10,13,15H2,(H,26,27)(H,28,29). The highest BCUT2D eigenvalue weighted by Crippen LogP contribution is 2.19. The van der Waals surface area contributed by atoms with Crippen LogP contribution < -0.4 is 16.0 Å². The van der Waals surface area contributed by atoms with Crippen molar-refractivity contribution in [2.45, 2.75) is 31.8 Å². The van der Waals surface area contributed by atoms with Gasteiger partial charge in [-0.1, -0.05) is 12.1 Å². The van der Waals surface area contributed by atoms with Crippen LogP contribution in [0.1, 0.15) is 46.8 Å². The van der Waals surface area contributed by atoms with Gasteiger partial charge in [-0.15, -0.1) is 0 Å². The fourth-order valence-electron chi connectivity index (χ4n) is 3.61. The minimum absolute atomic E-state index is 0.172. The molecular formula is C22H28N4O3. The average Bonchev–Trinajstić information content (AvgIpc) is 2.76. The number of pyridine rings is 1. The normalized spacial score (nSPS) is 15.6. The lowest BCUT2D eigenvalue weighted by atomic mass is 9.94. The highest BCUT2D eigenvalue weighted by atomic mass is 16.4. The maximum atomic E-state index is 12.9. The Morgan fingerprint density at radius 3 is 2.66 bits per heavy atom. The third-order valence-electron chi connectivity index (χ3n) is 5.30. The summed E-state index contributed by atoms with van der Waals surface area (Å²) in [5, 5.41) is 19.0. The Balaban J connectivity index is 1.66. The number of aromatic nitrogens is 1. The van der Waals surface area contributed by atoms with Crippen LogP contribution in [0, 0.1) is 5.92 Å². The van der Waals surface area contributed by atoms with Crippen molar-refractivity contribution in [3.8, 4) is 0 Å². The molecule has 1 amide bonds. The van der Waals surface area contributed by atoms with Gasteiger partial charge in [0.15, 0.2) is 0 Å². The summed E-state index contributed by atoms with van der Waals surface area (Å²) in [4.78, 5) is 28.3. The van der Waals surface area contributed by atoms with Crippen molar-refractivity contribution in [3.63, 3.8) is 0 Å². The highest BCUT2D eigenvalue weighted by Gasteiger charge is 2.22. The number of carboxylic acids is 1. The summed E-state index contributed by atoms with van der Waals surface area (Å²) in [5.74, 6) is -0.526. The van der Waals surface area contributed by atoms with Gasteiger partial charge in [0.2, 0.25) is 5.91 Å². The van der Waals surface area contributed by atoms with E-state index in [0.29, 0.717) is 24.6 Å². The van der Waals surface area contributed by atoms with Crippen LogP contribution in [0.15, 0.2) is 48.8 Å². The van der Waals surface area contributed by atoms with E-state index in [0.717, 1.165) is 37.9 Å². The summed E-state index contributed by atoms with van der Waals surface area (Å²) in [5.41, 5.74) is 1.79. The van der Waals surface area contributed by atoms with Gasteiger partial charge in [0.1, 0.15) is 6.04 Å². The van der Waals surface area contributed by atoms with Gasteiger partial charge in [0.05, 0.1) is 5.56 Å². The van der Waals surface area contributed by atoms with E-state index >= 15 is 0 Å². The van der Waals surface area contributed by atoms with Crippen LogP contribution in [0.4, 0.5) is 0 Å². The van der Waals surface area contributed by atoms with Gasteiger partial charge in [-0.25, -0.2) is 4.79 Å². The van der Waals surface area contributed by atoms with Gasteiger partial charge in [0.25, 0.3) is 0 Å². The Morgan fingerprint density at radius 2 is 1.93 bits per heavy atom. The molecule has 4 N–H and O–H groups in total. The van der Waals surface area contributed by atoms with Gasteiger partial charge < -0.3 is 21.1 Å². The molecule has 0 saturated carbocycles. The third kappa shape index (κ3) is 6.37. The van der Waals surface area contributed by atoms with E-state index in [-0.39, 0.29) is 11.5 Å². The number of carbonyl (C=O) groups is 2. The zero-order chi connectivity index (χ0) is 20.5. The third-order valence-corrected chi connectivity index (χ3v) is 5.30. The lowest BCUT2D eigenvalue weighted by Gasteiger charge is -2.24. The largest absolute Gasteiger partial charge is 0.478 e. The molecule has 7 nitrogen and oxygen atoms in total. The first-order valence-corrected chi connectivity index (χ1v) is 10.1. The minimum atomic E-state index is -1.00. The number of nitrogens with zero attached hydrogens (tertiary/aromatic N) is 1. The number of hydrogen-bond acceptors (Lipinski definition) is 5. The first kappa shape index (κ1) is 21.0. The molecule has 1 unspecified atom stereocenters. The molecule has 1 aromatic heterocycles. The number of rotatable bonds is 9. The molecular weight excluding hydrogens is 368 g/mol. The van der Waals surface area contributed by atoms with Crippen molar-refractivity contribution >= 4 is 11.9 Å². The van der Waals surface area contributed by atoms with Crippen LogP contribution in [-0.4, -0.2) is 41.6 Å². The van der Waals surface area contributed by atoms with Crippen molar-refractivity contribution < 1.29 is 14.7 Å². The number of piperidine rings is 1. The minimum Gasteiger partial charge on any atom is -0.478 e. The SMILES string of the molecule is O=C(O)c1cccc(C(NCCC2CCNCC2)C(=O)NCc2ccncc2)c1. The van der Waals surface area contributed by atoms with E-state index < -0.39 is 12.0 Å². The Bertz CT molecular complexity index is 807. The highest BCUT2D eigenvalue weighted by molar-refractivity contribution is 5.89. The maximum absolute atomic E-state index is 12.9. The fourth-order valence-corrected chi connectivity index (χ4v) is 3.61. The second kappa shape index (κ2) is 10.7. The van der Waals surface area contributed by atoms with Crippen LogP contribution >= 0.6 is 0 Å². The number of nitrogens with one attached hydrogen (secondary N) is 3. The monoisotopic (exact) mass is 396 g/mol. The maximum Gasteiger partial charge on any atom is 0.335 e. The summed E-state index contributed by atoms with van der Waals surface area (Å²) < 4.78 is 0. The molecule has 0 bridgehead atoms. The smallest absolute Gasteiger partial charge is 0.335 e. The molecule has 7 heteroatoms. The van der Waals surface area contributed by atoms with E-state index in [1.54, 1.807) is 30.6 Å². The number of hydrogen-bond donors (Lipinski definition) is 4. The Kier molecular flexibility index (Phi) is 7.72. The zero-order valence-electron chi connectivity index (χ0n) is 16.4. The molecule has 1 saturated heterocycles. The number of carbonyl (C=O) groups excluding carboxylic acids is 1. The van der Waals surface area contributed by atoms with Gasteiger partial charge in [-0.2, -0.15) is 0 Å². The second-order valence-corrected chi connectivity index (χ2v) is 7.37. The van der Waals surface area contributed by atoms with Gasteiger partial charge in [-0.05, 0) is 80.2 Å². The lowest BCUT2D eigenvalue weighted by Crippen LogP contribution is -2.38. The van der Waals surface area contributed by atoms with E-state index in [4.69, 9.17) is 0 Å². The van der Waals surface area contributed by atoms with Crippen LogP contribution in [0.5, 0.6) is 0 Å². The van der Waals surface area contributed by atoms with Crippen LogP contribution in [-0.2, 0) is 11.3 Å². The fraction of sp³-hybridized carbons (Fsp3) is 0.409.